The molecular weight excluding hydrogens is 586 g/mol. The van der Waals surface area contributed by atoms with E-state index in [1.807, 2.05) is 19.1 Å². The van der Waals surface area contributed by atoms with Crippen molar-refractivity contribution in [2.24, 2.45) is 10.8 Å². The zero-order chi connectivity index (χ0) is 32.8. The summed E-state index contributed by atoms with van der Waals surface area (Å²) in [5, 5.41) is 0. The number of benzene rings is 1. The number of aryl methyl sites for hydroxylation is 1. The lowest BCUT2D eigenvalue weighted by atomic mass is 9.87. The quantitative estimate of drug-likeness (QED) is 0.104. The number of ether oxygens (including phenoxy) is 4. The highest BCUT2D eigenvalue weighted by atomic mass is 32.2. The van der Waals surface area contributed by atoms with Crippen LogP contribution >= 0.6 is 0 Å². The number of nitrogens with zero attached hydrogens (tertiary/aromatic N) is 1. The van der Waals surface area contributed by atoms with E-state index in [1.165, 1.54) is 0 Å². The van der Waals surface area contributed by atoms with Gasteiger partial charge in [-0.2, -0.15) is 0 Å². The Morgan fingerprint density at radius 1 is 0.733 bits per heavy atom. The van der Waals surface area contributed by atoms with Gasteiger partial charge in [0.05, 0.1) is 18.1 Å². The van der Waals surface area contributed by atoms with E-state index in [9.17, 15) is 8.42 Å². The summed E-state index contributed by atoms with van der Waals surface area (Å²) in [4.78, 5) is 2.76. The Balaban J connectivity index is 1.52. The molecule has 0 aromatic heterocycles. The SMILES string of the molecule is [C-]#[N+]C(CCCCCC(C)(C)COC1CCCCO1)(CCCCCC(C)(C)COC1CCCCO1)S(=O)(=O)c1ccc(C)cc1. The molecule has 256 valence electrons. The summed E-state index contributed by atoms with van der Waals surface area (Å²) < 4.78 is 51.6. The van der Waals surface area contributed by atoms with Crippen molar-refractivity contribution in [3.8, 4) is 0 Å². The fraction of sp³-hybridized carbons (Fsp3) is 0.811. The Morgan fingerprint density at radius 2 is 1.18 bits per heavy atom. The molecule has 0 amide bonds. The maximum atomic E-state index is 14.0. The van der Waals surface area contributed by atoms with E-state index in [0.29, 0.717) is 38.9 Å². The van der Waals surface area contributed by atoms with Crippen molar-refractivity contribution < 1.29 is 27.4 Å². The number of unbranched alkanes of at least 4 members (excludes halogenated alkanes) is 4. The number of rotatable bonds is 20. The van der Waals surface area contributed by atoms with Crippen molar-refractivity contribution in [1.82, 2.24) is 0 Å². The summed E-state index contributed by atoms with van der Waals surface area (Å²) in [5.41, 5.74) is 1.05. The molecule has 0 saturated carbocycles. The van der Waals surface area contributed by atoms with Gasteiger partial charge in [0.2, 0.25) is 0 Å². The first-order valence-corrected chi connectivity index (χ1v) is 19.0. The lowest BCUT2D eigenvalue weighted by molar-refractivity contribution is -0.176. The third-order valence-electron chi connectivity index (χ3n) is 9.47. The van der Waals surface area contributed by atoms with Crippen LogP contribution in [0.1, 0.15) is 136 Å². The molecule has 2 atom stereocenters. The number of hydrogen-bond donors (Lipinski definition) is 0. The average molecular weight is 648 g/mol. The number of sulfone groups is 1. The monoisotopic (exact) mass is 647 g/mol. The Morgan fingerprint density at radius 3 is 1.58 bits per heavy atom. The predicted molar refractivity (Wildman–Crippen MR) is 181 cm³/mol. The molecule has 0 radical (unpaired) electrons. The Hall–Kier alpha value is -1.50. The molecular formula is C37H61NO6S. The zero-order valence-corrected chi connectivity index (χ0v) is 29.7. The highest BCUT2D eigenvalue weighted by Gasteiger charge is 2.50. The third kappa shape index (κ3) is 12.6. The molecule has 0 spiro atoms. The van der Waals surface area contributed by atoms with E-state index < -0.39 is 14.7 Å². The van der Waals surface area contributed by atoms with Crippen LogP contribution in [0.4, 0.5) is 0 Å². The molecule has 2 saturated heterocycles. The first-order chi connectivity index (χ1) is 21.4. The van der Waals surface area contributed by atoms with Gasteiger partial charge in [-0.15, -0.1) is 0 Å². The van der Waals surface area contributed by atoms with Crippen molar-refractivity contribution in [3.63, 3.8) is 0 Å². The van der Waals surface area contributed by atoms with Gasteiger partial charge in [-0.3, -0.25) is 4.85 Å². The molecule has 1 aromatic carbocycles. The highest BCUT2D eigenvalue weighted by Crippen LogP contribution is 2.38. The van der Waals surface area contributed by atoms with Crippen LogP contribution in [0.15, 0.2) is 29.2 Å². The smallest absolute Gasteiger partial charge is 0.333 e. The molecule has 2 fully saturated rings. The van der Waals surface area contributed by atoms with Crippen LogP contribution in [0.3, 0.4) is 0 Å². The van der Waals surface area contributed by atoms with Crippen LogP contribution in [-0.2, 0) is 28.8 Å². The molecule has 8 heteroatoms. The van der Waals surface area contributed by atoms with Crippen LogP contribution in [0.2, 0.25) is 0 Å². The molecule has 45 heavy (non-hydrogen) atoms. The summed E-state index contributed by atoms with van der Waals surface area (Å²) >= 11 is 0. The van der Waals surface area contributed by atoms with Crippen molar-refractivity contribution in [2.75, 3.05) is 26.4 Å². The van der Waals surface area contributed by atoms with Gasteiger partial charge in [-0.25, -0.2) is 15.0 Å². The Kier molecular flexibility index (Phi) is 15.3. The van der Waals surface area contributed by atoms with Crippen molar-refractivity contribution in [3.05, 3.63) is 41.2 Å². The fourth-order valence-electron chi connectivity index (χ4n) is 6.33. The summed E-state index contributed by atoms with van der Waals surface area (Å²) in [6, 6.07) is 6.99. The highest BCUT2D eigenvalue weighted by molar-refractivity contribution is 7.93. The second-order valence-electron chi connectivity index (χ2n) is 15.0. The van der Waals surface area contributed by atoms with Crippen LogP contribution in [-0.4, -0.2) is 52.3 Å². The summed E-state index contributed by atoms with van der Waals surface area (Å²) in [7, 11) is -3.82. The van der Waals surface area contributed by atoms with Crippen LogP contribution < -0.4 is 0 Å². The van der Waals surface area contributed by atoms with Crippen LogP contribution in [0.25, 0.3) is 4.85 Å². The average Bonchev–Trinajstić information content (AvgIpc) is 3.03. The van der Waals surface area contributed by atoms with E-state index >= 15 is 0 Å². The van der Waals surface area contributed by atoms with Gasteiger partial charge < -0.3 is 18.9 Å². The van der Waals surface area contributed by atoms with Crippen LogP contribution in [0.5, 0.6) is 0 Å². The first kappa shape index (κ1) is 38.0. The topological polar surface area (TPSA) is 75.4 Å². The molecule has 2 heterocycles. The molecule has 2 unspecified atom stereocenters. The minimum atomic E-state index is -3.82. The van der Waals surface area contributed by atoms with Crippen molar-refractivity contribution in [1.29, 1.82) is 0 Å². The number of hydrogen-bond acceptors (Lipinski definition) is 6. The van der Waals surface area contributed by atoms with E-state index in [4.69, 9.17) is 25.5 Å². The molecule has 2 aliphatic rings. The first-order valence-electron chi connectivity index (χ1n) is 17.5. The van der Waals surface area contributed by atoms with E-state index in [1.54, 1.807) is 12.1 Å². The van der Waals surface area contributed by atoms with Gasteiger partial charge in [0.15, 0.2) is 12.6 Å². The van der Waals surface area contributed by atoms with E-state index in [0.717, 1.165) is 95.8 Å². The van der Waals surface area contributed by atoms with Gasteiger partial charge in [-0.05, 0) is 94.1 Å². The molecule has 1 aromatic rings. The van der Waals surface area contributed by atoms with Gasteiger partial charge in [0.25, 0.3) is 9.84 Å². The zero-order valence-electron chi connectivity index (χ0n) is 28.9. The Labute approximate surface area is 274 Å². The largest absolute Gasteiger partial charge is 0.353 e. The van der Waals surface area contributed by atoms with Crippen LogP contribution in [0, 0.1) is 24.3 Å². The molecule has 0 N–H and O–H groups in total. The summed E-state index contributed by atoms with van der Waals surface area (Å²) in [6.45, 7) is 21.9. The van der Waals surface area contributed by atoms with E-state index in [2.05, 4.69) is 32.5 Å². The lowest BCUT2D eigenvalue weighted by Gasteiger charge is -2.29. The minimum absolute atomic E-state index is 0.0217. The molecule has 3 rings (SSSR count). The summed E-state index contributed by atoms with van der Waals surface area (Å²) in [5.74, 6) is 0. The molecule has 2 aliphatic heterocycles. The predicted octanol–water partition coefficient (Wildman–Crippen LogP) is 9.42. The lowest BCUT2D eigenvalue weighted by Crippen LogP contribution is -2.35. The van der Waals surface area contributed by atoms with Gasteiger partial charge in [-0.1, -0.05) is 71.1 Å². The van der Waals surface area contributed by atoms with Gasteiger partial charge >= 0.3 is 4.87 Å². The molecule has 7 nitrogen and oxygen atoms in total. The second-order valence-corrected chi connectivity index (χ2v) is 17.3. The molecule has 0 aliphatic carbocycles. The van der Waals surface area contributed by atoms with E-state index in [-0.39, 0.29) is 28.3 Å². The van der Waals surface area contributed by atoms with Crippen molar-refractivity contribution in [2.45, 2.75) is 160 Å². The Bertz CT molecular complexity index is 1080. The fourth-order valence-corrected chi connectivity index (χ4v) is 8.21. The second kappa shape index (κ2) is 18.2. The minimum Gasteiger partial charge on any atom is -0.353 e. The van der Waals surface area contributed by atoms with Gasteiger partial charge in [0.1, 0.15) is 0 Å². The third-order valence-corrected chi connectivity index (χ3v) is 11.9. The van der Waals surface area contributed by atoms with Gasteiger partial charge in [0, 0.05) is 26.1 Å². The molecule has 0 bridgehead atoms. The maximum Gasteiger partial charge on any atom is 0.333 e. The summed E-state index contributed by atoms with van der Waals surface area (Å²) in [6.07, 6.45) is 14.2. The normalized spacial score (nSPS) is 21.2. The maximum absolute atomic E-state index is 14.0. The van der Waals surface area contributed by atoms with Crippen molar-refractivity contribution >= 4 is 9.84 Å². The standard InChI is InChI=1S/C37H61NO6S/c1-31-19-21-32(22-20-31)45(39,40)37(38-6,25-13-7-11-23-35(2,3)29-43-33-17-9-15-27-41-33)26-14-8-12-24-36(4,5)30-44-34-18-10-16-28-42-34/h19-22,33-34H,7-18,23-30H2,1-5H3.